The lowest BCUT2D eigenvalue weighted by Gasteiger charge is -2.26. The van der Waals surface area contributed by atoms with Crippen molar-refractivity contribution in [1.82, 2.24) is 25.7 Å². The first-order chi connectivity index (χ1) is 17.1. The lowest BCUT2D eigenvalue weighted by molar-refractivity contribution is -0.121. The fourth-order valence-electron chi connectivity index (χ4n) is 3.91. The quantitative estimate of drug-likeness (QED) is 0.350. The van der Waals surface area contributed by atoms with Crippen molar-refractivity contribution in [3.63, 3.8) is 0 Å². The molecule has 35 heavy (non-hydrogen) atoms. The third-order valence-corrected chi connectivity index (χ3v) is 5.99. The molecule has 0 atom stereocenters. The molecule has 1 saturated heterocycles. The second-order valence-electron chi connectivity index (χ2n) is 8.53. The summed E-state index contributed by atoms with van der Waals surface area (Å²) in [5.41, 5.74) is 9.15. The van der Waals surface area contributed by atoms with Crippen LogP contribution >= 0.6 is 0 Å². The Hall–Kier alpha value is -3.69. The molecule has 0 bridgehead atoms. The molecular weight excluding hydrogens is 444 g/mol. The fourth-order valence-corrected chi connectivity index (χ4v) is 3.91. The maximum atomic E-state index is 12.2. The van der Waals surface area contributed by atoms with E-state index in [9.17, 15) is 9.90 Å². The van der Waals surface area contributed by atoms with Gasteiger partial charge in [-0.3, -0.25) is 4.79 Å². The number of hydrogen-bond donors (Lipinski definition) is 4. The van der Waals surface area contributed by atoms with E-state index in [0.717, 1.165) is 43.9 Å². The third-order valence-electron chi connectivity index (χ3n) is 5.99. The van der Waals surface area contributed by atoms with Crippen LogP contribution in [0.4, 0.5) is 5.82 Å². The molecule has 0 radical (unpaired) electrons. The van der Waals surface area contributed by atoms with Gasteiger partial charge in [-0.15, -0.1) is 10.2 Å². The van der Waals surface area contributed by atoms with E-state index in [2.05, 4.69) is 25.7 Å². The van der Waals surface area contributed by atoms with E-state index in [-0.39, 0.29) is 17.5 Å². The summed E-state index contributed by atoms with van der Waals surface area (Å²) in [6, 6.07) is 16.7. The molecule has 0 unspecified atom stereocenters. The van der Waals surface area contributed by atoms with Crippen molar-refractivity contribution in [2.75, 3.05) is 45.1 Å². The van der Waals surface area contributed by atoms with Crippen LogP contribution in [0.1, 0.15) is 17.5 Å². The Kier molecular flexibility index (Phi) is 8.48. The topological polar surface area (TPSA) is 126 Å². The summed E-state index contributed by atoms with van der Waals surface area (Å²) in [7, 11) is 0. The monoisotopic (exact) mass is 476 g/mol. The zero-order chi connectivity index (χ0) is 24.5. The van der Waals surface area contributed by atoms with Crippen molar-refractivity contribution >= 4 is 11.7 Å². The van der Waals surface area contributed by atoms with E-state index in [1.165, 1.54) is 0 Å². The Morgan fingerprint density at radius 2 is 1.83 bits per heavy atom. The van der Waals surface area contributed by atoms with E-state index in [4.69, 9.17) is 10.5 Å². The lowest BCUT2D eigenvalue weighted by atomic mass is 10.1. The number of nitrogens with two attached hydrogens (primary N) is 1. The Labute approximate surface area is 205 Å². The van der Waals surface area contributed by atoms with Crippen LogP contribution in [0.5, 0.6) is 11.5 Å². The number of carbonyl (C=O) groups is 1. The van der Waals surface area contributed by atoms with E-state index in [1.807, 2.05) is 30.3 Å². The van der Waals surface area contributed by atoms with Crippen LogP contribution in [-0.4, -0.2) is 65.4 Å². The second-order valence-corrected chi connectivity index (χ2v) is 8.53. The van der Waals surface area contributed by atoms with Gasteiger partial charge in [0.25, 0.3) is 0 Å². The molecule has 1 aliphatic rings. The highest BCUT2D eigenvalue weighted by atomic mass is 16.5. The van der Waals surface area contributed by atoms with Gasteiger partial charge in [-0.2, -0.15) is 0 Å². The summed E-state index contributed by atoms with van der Waals surface area (Å²) < 4.78 is 5.85. The van der Waals surface area contributed by atoms with Crippen LogP contribution in [-0.2, 0) is 17.8 Å². The Balaban J connectivity index is 1.22. The standard InChI is InChI=1S/C26H32N6O3/c27-26-24(17-22(30-31-26)21-3-1-2-4-23(21)33)35-16-10-19-5-7-20(8-6-19)18-29-25(34)9-13-32-14-11-28-12-15-32/h1-8,17,28,33H,9-16,18H2,(H2,27,31)(H,29,34). The molecule has 1 aliphatic heterocycles. The van der Waals surface area contributed by atoms with E-state index < -0.39 is 0 Å². The normalized spacial score (nSPS) is 13.9. The zero-order valence-corrected chi connectivity index (χ0v) is 19.7. The van der Waals surface area contributed by atoms with Crippen molar-refractivity contribution in [2.24, 2.45) is 0 Å². The van der Waals surface area contributed by atoms with E-state index in [1.54, 1.807) is 24.3 Å². The first-order valence-electron chi connectivity index (χ1n) is 11.9. The van der Waals surface area contributed by atoms with Gasteiger partial charge in [0.1, 0.15) is 11.4 Å². The van der Waals surface area contributed by atoms with Gasteiger partial charge in [0.2, 0.25) is 5.91 Å². The number of carbonyl (C=O) groups excluding carboxylic acids is 1. The number of ether oxygens (including phenoxy) is 1. The molecule has 9 heteroatoms. The van der Waals surface area contributed by atoms with Gasteiger partial charge in [-0.25, -0.2) is 0 Å². The van der Waals surface area contributed by atoms with Crippen molar-refractivity contribution < 1.29 is 14.6 Å². The highest BCUT2D eigenvalue weighted by Gasteiger charge is 2.12. The van der Waals surface area contributed by atoms with Crippen LogP contribution in [0.15, 0.2) is 54.6 Å². The largest absolute Gasteiger partial charge is 0.507 e. The number of phenols is 1. The summed E-state index contributed by atoms with van der Waals surface area (Å²) in [5, 5.41) is 24.4. The van der Waals surface area contributed by atoms with Crippen LogP contribution in [0, 0.1) is 0 Å². The number of nitrogen functional groups attached to an aromatic ring is 1. The minimum atomic E-state index is 0.0766. The number of nitrogens with one attached hydrogen (secondary N) is 2. The number of piperazine rings is 1. The molecule has 1 fully saturated rings. The van der Waals surface area contributed by atoms with Crippen LogP contribution in [0.3, 0.4) is 0 Å². The molecule has 4 rings (SSSR count). The number of rotatable bonds is 10. The third kappa shape index (κ3) is 7.14. The SMILES string of the molecule is Nc1nnc(-c2ccccc2O)cc1OCCc1ccc(CNC(=O)CCN2CCNCC2)cc1. The number of amides is 1. The van der Waals surface area contributed by atoms with Crippen molar-refractivity contribution in [2.45, 2.75) is 19.4 Å². The molecule has 0 spiro atoms. The predicted octanol–water partition coefficient (Wildman–Crippen LogP) is 1.96. The molecule has 2 heterocycles. The van der Waals surface area contributed by atoms with Crippen molar-refractivity contribution in [3.05, 3.63) is 65.7 Å². The maximum absolute atomic E-state index is 12.2. The van der Waals surface area contributed by atoms with Crippen molar-refractivity contribution in [3.8, 4) is 22.8 Å². The fraction of sp³-hybridized carbons (Fsp3) is 0.346. The van der Waals surface area contributed by atoms with Gasteiger partial charge in [0.05, 0.1) is 6.61 Å². The Bertz CT molecular complexity index is 1120. The molecular formula is C26H32N6O3. The molecule has 1 aromatic heterocycles. The van der Waals surface area contributed by atoms with Crippen LogP contribution < -0.4 is 21.1 Å². The molecule has 184 valence electrons. The van der Waals surface area contributed by atoms with Gasteiger partial charge >= 0.3 is 0 Å². The summed E-state index contributed by atoms with van der Waals surface area (Å²) >= 11 is 0. The van der Waals surface area contributed by atoms with E-state index in [0.29, 0.717) is 43.0 Å². The molecule has 0 aliphatic carbocycles. The molecule has 3 aromatic rings. The summed E-state index contributed by atoms with van der Waals surface area (Å²) in [6.07, 6.45) is 1.21. The predicted molar refractivity (Wildman–Crippen MR) is 135 cm³/mol. The average molecular weight is 477 g/mol. The smallest absolute Gasteiger partial charge is 0.221 e. The lowest BCUT2D eigenvalue weighted by Crippen LogP contribution is -2.44. The van der Waals surface area contributed by atoms with Gasteiger partial charge in [-0.05, 0) is 23.3 Å². The number of para-hydroxylation sites is 1. The van der Waals surface area contributed by atoms with E-state index >= 15 is 0 Å². The number of aromatic hydroxyl groups is 1. The number of hydrogen-bond acceptors (Lipinski definition) is 8. The van der Waals surface area contributed by atoms with Crippen molar-refractivity contribution in [1.29, 1.82) is 0 Å². The Morgan fingerprint density at radius 3 is 2.60 bits per heavy atom. The van der Waals surface area contributed by atoms with Gasteiger partial charge in [0.15, 0.2) is 11.6 Å². The molecule has 9 nitrogen and oxygen atoms in total. The minimum absolute atomic E-state index is 0.0766. The summed E-state index contributed by atoms with van der Waals surface area (Å²) in [6.45, 7) is 5.72. The molecule has 5 N–H and O–H groups in total. The number of benzene rings is 2. The van der Waals surface area contributed by atoms with Gasteiger partial charge in [-0.1, -0.05) is 36.4 Å². The molecule has 1 amide bonds. The maximum Gasteiger partial charge on any atom is 0.221 e. The first kappa shape index (κ1) is 24.4. The van der Waals surface area contributed by atoms with Crippen LogP contribution in [0.2, 0.25) is 0 Å². The first-order valence-corrected chi connectivity index (χ1v) is 11.9. The molecule has 2 aromatic carbocycles. The minimum Gasteiger partial charge on any atom is -0.507 e. The molecule has 0 saturated carbocycles. The highest BCUT2D eigenvalue weighted by Crippen LogP contribution is 2.30. The summed E-state index contributed by atoms with van der Waals surface area (Å²) in [5.74, 6) is 0.826. The Morgan fingerprint density at radius 1 is 1.09 bits per heavy atom. The zero-order valence-electron chi connectivity index (χ0n) is 19.7. The number of aromatic nitrogens is 2. The van der Waals surface area contributed by atoms with Crippen LogP contribution in [0.25, 0.3) is 11.3 Å². The number of phenolic OH excluding ortho intramolecular Hbond substituents is 1. The highest BCUT2D eigenvalue weighted by molar-refractivity contribution is 5.76. The van der Waals surface area contributed by atoms with Gasteiger partial charge < -0.3 is 31.1 Å². The number of anilines is 1. The number of nitrogens with zero attached hydrogens (tertiary/aromatic N) is 3. The van der Waals surface area contributed by atoms with Gasteiger partial charge in [0, 0.05) is 63.7 Å². The second kappa shape index (κ2) is 12.1. The average Bonchev–Trinajstić information content (AvgIpc) is 2.89. The summed E-state index contributed by atoms with van der Waals surface area (Å²) in [4.78, 5) is 14.5.